The van der Waals surface area contributed by atoms with Crippen molar-refractivity contribution in [2.24, 2.45) is 0 Å². The van der Waals surface area contributed by atoms with E-state index in [1.807, 2.05) is 12.3 Å². The Morgan fingerprint density at radius 3 is 2.61 bits per heavy atom. The third-order valence-electron chi connectivity index (χ3n) is 5.04. The maximum absolute atomic E-state index is 13.2. The van der Waals surface area contributed by atoms with E-state index in [9.17, 15) is 13.2 Å². The summed E-state index contributed by atoms with van der Waals surface area (Å²) in [5.74, 6) is -0.491. The van der Waals surface area contributed by atoms with Crippen molar-refractivity contribution in [1.29, 1.82) is 0 Å². The van der Waals surface area contributed by atoms with Gasteiger partial charge < -0.3 is 5.32 Å². The number of thioether (sulfide) groups is 1. The summed E-state index contributed by atoms with van der Waals surface area (Å²) >= 11 is 1.40. The van der Waals surface area contributed by atoms with Gasteiger partial charge in [-0.1, -0.05) is 36.4 Å². The standard InChI is InChI=1S/C20H22N6O3S2/c1-30-20-22-23-24-26(20)16-9-7-8-15(14-16)21-19(27)17-10-3-4-11-18(17)31(28,29)25-12-5-2-6-13-25/h3-4,7-11,14H,2,5-6,12-13H2,1H3,(H,21,27). The number of rotatable bonds is 6. The first-order chi connectivity index (χ1) is 15.0. The van der Waals surface area contributed by atoms with Crippen LogP contribution in [0.2, 0.25) is 0 Å². The van der Waals surface area contributed by atoms with E-state index in [4.69, 9.17) is 0 Å². The highest BCUT2D eigenvalue weighted by Crippen LogP contribution is 2.25. The number of carbonyl (C=O) groups is 1. The van der Waals surface area contributed by atoms with Crippen molar-refractivity contribution >= 4 is 33.4 Å². The van der Waals surface area contributed by atoms with Gasteiger partial charge in [-0.05, 0) is 59.9 Å². The van der Waals surface area contributed by atoms with Gasteiger partial charge in [-0.25, -0.2) is 8.42 Å². The van der Waals surface area contributed by atoms with Crippen molar-refractivity contribution in [3.63, 3.8) is 0 Å². The number of anilines is 1. The third kappa shape index (κ3) is 4.48. The highest BCUT2D eigenvalue weighted by Gasteiger charge is 2.29. The molecule has 1 aliphatic heterocycles. The van der Waals surface area contributed by atoms with E-state index < -0.39 is 15.9 Å². The quantitative estimate of drug-likeness (QED) is 0.566. The van der Waals surface area contributed by atoms with Crippen LogP contribution in [0.25, 0.3) is 5.69 Å². The lowest BCUT2D eigenvalue weighted by Gasteiger charge is -2.26. The molecule has 2 aromatic carbocycles. The first-order valence-corrected chi connectivity index (χ1v) is 12.5. The van der Waals surface area contributed by atoms with Crippen LogP contribution in [-0.4, -0.2) is 58.2 Å². The molecule has 9 nitrogen and oxygen atoms in total. The molecule has 1 N–H and O–H groups in total. The minimum Gasteiger partial charge on any atom is -0.322 e. The van der Waals surface area contributed by atoms with Gasteiger partial charge in [0.15, 0.2) is 0 Å². The first kappa shape index (κ1) is 21.5. The van der Waals surface area contributed by atoms with Crippen LogP contribution in [0.15, 0.2) is 58.6 Å². The number of nitrogens with zero attached hydrogens (tertiary/aromatic N) is 5. The maximum atomic E-state index is 13.2. The van der Waals surface area contributed by atoms with E-state index in [-0.39, 0.29) is 10.5 Å². The van der Waals surface area contributed by atoms with Gasteiger partial charge in [-0.3, -0.25) is 4.79 Å². The Kier molecular flexibility index (Phi) is 6.35. The topological polar surface area (TPSA) is 110 Å². The van der Waals surface area contributed by atoms with Crippen molar-refractivity contribution in [1.82, 2.24) is 24.5 Å². The molecule has 31 heavy (non-hydrogen) atoms. The molecule has 1 aliphatic rings. The van der Waals surface area contributed by atoms with Crippen LogP contribution in [0.4, 0.5) is 5.69 Å². The van der Waals surface area contributed by atoms with Gasteiger partial charge in [0, 0.05) is 18.8 Å². The minimum atomic E-state index is -3.74. The van der Waals surface area contributed by atoms with Crippen molar-refractivity contribution in [2.45, 2.75) is 29.3 Å². The maximum Gasteiger partial charge on any atom is 0.257 e. The van der Waals surface area contributed by atoms with Crippen LogP contribution in [0.3, 0.4) is 0 Å². The number of hydrogen-bond acceptors (Lipinski definition) is 7. The van der Waals surface area contributed by atoms with Crippen molar-refractivity contribution in [3.8, 4) is 5.69 Å². The molecule has 0 spiro atoms. The second kappa shape index (κ2) is 9.16. The highest BCUT2D eigenvalue weighted by atomic mass is 32.2. The Morgan fingerprint density at radius 1 is 1.06 bits per heavy atom. The molecule has 11 heteroatoms. The molecule has 0 saturated carbocycles. The number of amides is 1. The third-order valence-corrected chi connectivity index (χ3v) is 7.61. The number of aromatic nitrogens is 4. The van der Waals surface area contributed by atoms with Crippen LogP contribution < -0.4 is 5.32 Å². The molecule has 3 aromatic rings. The van der Waals surface area contributed by atoms with Crippen molar-refractivity contribution in [3.05, 3.63) is 54.1 Å². The predicted molar refractivity (Wildman–Crippen MR) is 118 cm³/mol. The molecule has 0 unspecified atom stereocenters. The molecular formula is C20H22N6O3S2. The average molecular weight is 459 g/mol. The molecule has 1 saturated heterocycles. The zero-order valence-corrected chi connectivity index (χ0v) is 18.6. The molecular weight excluding hydrogens is 436 g/mol. The zero-order chi connectivity index (χ0) is 21.8. The first-order valence-electron chi connectivity index (χ1n) is 9.84. The second-order valence-corrected chi connectivity index (χ2v) is 9.72. The molecule has 162 valence electrons. The van der Waals surface area contributed by atoms with Crippen LogP contribution in [0.5, 0.6) is 0 Å². The lowest BCUT2D eigenvalue weighted by molar-refractivity contribution is 0.102. The lowest BCUT2D eigenvalue weighted by Crippen LogP contribution is -2.36. The van der Waals surface area contributed by atoms with E-state index in [0.717, 1.165) is 19.3 Å². The summed E-state index contributed by atoms with van der Waals surface area (Å²) in [6.45, 7) is 0.952. The van der Waals surface area contributed by atoms with Gasteiger partial charge in [-0.15, -0.1) is 5.10 Å². The molecule has 0 radical (unpaired) electrons. The molecule has 2 heterocycles. The molecule has 4 rings (SSSR count). The van der Waals surface area contributed by atoms with Crippen LogP contribution in [0.1, 0.15) is 29.6 Å². The van der Waals surface area contributed by atoms with Gasteiger partial charge in [-0.2, -0.15) is 8.99 Å². The Hall–Kier alpha value is -2.76. The van der Waals surface area contributed by atoms with Gasteiger partial charge >= 0.3 is 0 Å². The summed E-state index contributed by atoms with van der Waals surface area (Å²) in [5.41, 5.74) is 1.31. The number of sulfonamides is 1. The normalized spacial score (nSPS) is 15.0. The van der Waals surface area contributed by atoms with Crippen LogP contribution in [-0.2, 0) is 10.0 Å². The Morgan fingerprint density at radius 2 is 1.84 bits per heavy atom. The van der Waals surface area contributed by atoms with Crippen LogP contribution in [0, 0.1) is 0 Å². The number of nitrogens with one attached hydrogen (secondary N) is 1. The lowest BCUT2D eigenvalue weighted by atomic mass is 10.2. The predicted octanol–water partition coefficient (Wildman–Crippen LogP) is 2.81. The Labute approximate surface area is 184 Å². The van der Waals surface area contributed by atoms with E-state index >= 15 is 0 Å². The fraction of sp³-hybridized carbons (Fsp3) is 0.300. The summed E-state index contributed by atoms with van der Waals surface area (Å²) in [4.78, 5) is 13.1. The molecule has 0 aliphatic carbocycles. The van der Waals surface area contributed by atoms with Gasteiger partial charge in [0.1, 0.15) is 0 Å². The minimum absolute atomic E-state index is 0.0238. The molecule has 0 atom stereocenters. The summed E-state index contributed by atoms with van der Waals surface area (Å²) < 4.78 is 29.4. The van der Waals surface area contributed by atoms with E-state index in [0.29, 0.717) is 29.6 Å². The fourth-order valence-corrected chi connectivity index (χ4v) is 5.64. The van der Waals surface area contributed by atoms with E-state index in [1.54, 1.807) is 35.0 Å². The number of piperidine rings is 1. The SMILES string of the molecule is CSc1nnnn1-c1cccc(NC(=O)c2ccccc2S(=O)(=O)N2CCCCC2)c1. The smallest absolute Gasteiger partial charge is 0.257 e. The fourth-order valence-electron chi connectivity index (χ4n) is 3.51. The second-order valence-electron chi connectivity index (χ2n) is 7.04. The zero-order valence-electron chi connectivity index (χ0n) is 16.9. The van der Waals surface area contributed by atoms with E-state index in [1.165, 1.54) is 28.2 Å². The number of hydrogen-bond donors (Lipinski definition) is 1. The molecule has 1 amide bonds. The number of tetrazole rings is 1. The van der Waals surface area contributed by atoms with E-state index in [2.05, 4.69) is 20.8 Å². The largest absolute Gasteiger partial charge is 0.322 e. The van der Waals surface area contributed by atoms with Crippen molar-refractivity contribution < 1.29 is 13.2 Å². The number of benzene rings is 2. The molecule has 1 aromatic heterocycles. The Balaban J connectivity index is 1.61. The summed E-state index contributed by atoms with van der Waals surface area (Å²) in [6.07, 6.45) is 4.54. The monoisotopic (exact) mass is 458 g/mol. The molecule has 1 fully saturated rings. The molecule has 0 bridgehead atoms. The summed E-state index contributed by atoms with van der Waals surface area (Å²) in [6, 6.07) is 13.4. The van der Waals surface area contributed by atoms with Gasteiger partial charge in [0.25, 0.3) is 5.91 Å². The average Bonchev–Trinajstić information content (AvgIpc) is 3.29. The summed E-state index contributed by atoms with van der Waals surface area (Å²) in [5, 5.41) is 15.0. The number of carbonyl (C=O) groups excluding carboxylic acids is 1. The van der Waals surface area contributed by atoms with Gasteiger partial charge in [0.2, 0.25) is 15.2 Å². The highest BCUT2D eigenvalue weighted by molar-refractivity contribution is 7.98. The summed E-state index contributed by atoms with van der Waals surface area (Å²) in [7, 11) is -3.74. The van der Waals surface area contributed by atoms with Crippen molar-refractivity contribution in [2.75, 3.05) is 24.7 Å². The van der Waals surface area contributed by atoms with Gasteiger partial charge in [0.05, 0.1) is 16.1 Å². The Bertz CT molecular complexity index is 1190. The van der Waals surface area contributed by atoms with Crippen LogP contribution >= 0.6 is 11.8 Å².